The highest BCUT2D eigenvalue weighted by atomic mass is 16.3. The molecule has 0 fully saturated rings. The Balaban J connectivity index is 4.72. The number of nitrogens with one attached hydrogen (secondary N) is 2. The predicted molar refractivity (Wildman–Crippen MR) is 110 cm³/mol. The lowest BCUT2D eigenvalue weighted by molar-refractivity contribution is -0.122. The van der Waals surface area contributed by atoms with Gasteiger partial charge in [-0.15, -0.1) is 0 Å². The molecule has 0 heterocycles. The van der Waals surface area contributed by atoms with Crippen LogP contribution in [-0.4, -0.2) is 72.9 Å². The molecule has 9 N–H and O–H groups in total. The van der Waals surface area contributed by atoms with Gasteiger partial charge in [-0.2, -0.15) is 0 Å². The van der Waals surface area contributed by atoms with Gasteiger partial charge in [-0.1, -0.05) is 12.8 Å². The minimum Gasteiger partial charge on any atom is -0.391 e. The number of ketones is 3. The third-order valence-electron chi connectivity index (χ3n) is 4.71. The summed E-state index contributed by atoms with van der Waals surface area (Å²) in [6, 6.07) is -1.92. The highest BCUT2D eigenvalue weighted by Crippen LogP contribution is 2.05. The van der Waals surface area contributed by atoms with Crippen LogP contribution in [0.2, 0.25) is 0 Å². The first-order valence-electron chi connectivity index (χ1n) is 10.1. The molecule has 0 amide bonds. The standard InChI is InChI=1S/C19H39N5O4/c1-13(25)15(7-3-5-9-20)23-11-17(27)16(8-4-6-10-21)24-12-18(28)19(22)14(2)26/h14-16,19,23-24,26H,3-12,20-22H2,1-2H3/t14?,15?,16-,19+/m0/s1. The van der Waals surface area contributed by atoms with E-state index in [1.807, 2.05) is 0 Å². The fraction of sp³-hybridized carbons (Fsp3) is 0.842. The first-order chi connectivity index (χ1) is 13.2. The van der Waals surface area contributed by atoms with Crippen LogP contribution in [0.5, 0.6) is 0 Å². The Morgan fingerprint density at radius 2 is 1.32 bits per heavy atom. The Labute approximate surface area is 168 Å². The number of carbonyl (C=O) groups excluding carboxylic acids is 3. The number of aliphatic hydroxyl groups is 1. The average molecular weight is 402 g/mol. The summed E-state index contributed by atoms with van der Waals surface area (Å²) < 4.78 is 0. The zero-order valence-electron chi connectivity index (χ0n) is 17.3. The zero-order chi connectivity index (χ0) is 21.5. The molecule has 0 rings (SSSR count). The monoisotopic (exact) mass is 401 g/mol. The Kier molecular flexibility index (Phi) is 15.0. The highest BCUT2D eigenvalue weighted by molar-refractivity contribution is 5.89. The molecule has 0 saturated heterocycles. The Morgan fingerprint density at radius 1 is 0.857 bits per heavy atom. The molecule has 4 atom stereocenters. The highest BCUT2D eigenvalue weighted by Gasteiger charge is 2.23. The van der Waals surface area contributed by atoms with Gasteiger partial charge in [0.15, 0.2) is 11.6 Å². The number of Topliss-reactive ketones (excluding diaryl/α,β-unsaturated/α-hetero) is 3. The molecule has 0 aliphatic rings. The zero-order valence-corrected chi connectivity index (χ0v) is 17.3. The second-order valence-corrected chi connectivity index (χ2v) is 7.25. The van der Waals surface area contributed by atoms with Crippen LogP contribution in [0.25, 0.3) is 0 Å². The van der Waals surface area contributed by atoms with E-state index in [1.165, 1.54) is 13.8 Å². The summed E-state index contributed by atoms with van der Waals surface area (Å²) in [5.74, 6) is -0.501. The van der Waals surface area contributed by atoms with Crippen molar-refractivity contribution in [2.24, 2.45) is 17.2 Å². The number of carbonyl (C=O) groups is 3. The van der Waals surface area contributed by atoms with E-state index in [0.29, 0.717) is 25.9 Å². The summed E-state index contributed by atoms with van der Waals surface area (Å²) in [6.07, 6.45) is 3.37. The number of aliphatic hydroxyl groups excluding tert-OH is 1. The van der Waals surface area contributed by atoms with Gasteiger partial charge in [-0.05, 0) is 52.6 Å². The molecule has 0 saturated carbocycles. The van der Waals surface area contributed by atoms with Crippen LogP contribution in [0.15, 0.2) is 0 Å². The lowest BCUT2D eigenvalue weighted by atomic mass is 10.0. The number of rotatable bonds is 18. The Bertz CT molecular complexity index is 473. The third-order valence-corrected chi connectivity index (χ3v) is 4.71. The first-order valence-corrected chi connectivity index (χ1v) is 10.1. The molecule has 2 unspecified atom stereocenters. The van der Waals surface area contributed by atoms with Crippen LogP contribution >= 0.6 is 0 Å². The molecule has 0 aromatic carbocycles. The molecular formula is C19H39N5O4. The van der Waals surface area contributed by atoms with Crippen LogP contribution in [0.3, 0.4) is 0 Å². The molecule has 0 aromatic rings. The summed E-state index contributed by atoms with van der Waals surface area (Å²) in [5.41, 5.74) is 16.6. The molecule has 0 spiro atoms. The van der Waals surface area contributed by atoms with E-state index in [9.17, 15) is 19.5 Å². The van der Waals surface area contributed by atoms with Crippen LogP contribution in [0.1, 0.15) is 52.4 Å². The molecule has 9 heteroatoms. The van der Waals surface area contributed by atoms with Crippen LogP contribution in [0.4, 0.5) is 0 Å². The molecule has 0 aliphatic carbocycles. The van der Waals surface area contributed by atoms with Crippen molar-refractivity contribution in [2.45, 2.75) is 76.6 Å². The lowest BCUT2D eigenvalue weighted by Gasteiger charge is -2.21. The van der Waals surface area contributed by atoms with Gasteiger partial charge >= 0.3 is 0 Å². The van der Waals surface area contributed by atoms with E-state index < -0.39 is 18.2 Å². The van der Waals surface area contributed by atoms with Crippen molar-refractivity contribution in [3.05, 3.63) is 0 Å². The SMILES string of the molecule is CC(=O)C(CCCCN)NCC(=O)[C@H](CCCCN)NCC(=O)[C@H](N)C(C)O. The van der Waals surface area contributed by atoms with Gasteiger partial charge in [-0.25, -0.2) is 0 Å². The summed E-state index contributed by atoms with van der Waals surface area (Å²) in [5, 5.41) is 15.4. The Hall–Kier alpha value is -1.23. The van der Waals surface area contributed by atoms with Gasteiger partial charge in [0.05, 0.1) is 37.3 Å². The molecule has 9 nitrogen and oxygen atoms in total. The minimum atomic E-state index is -0.991. The molecule has 0 radical (unpaired) electrons. The van der Waals surface area contributed by atoms with Crippen molar-refractivity contribution in [1.29, 1.82) is 0 Å². The fourth-order valence-electron chi connectivity index (χ4n) is 2.77. The molecule has 0 aliphatic heterocycles. The van der Waals surface area contributed by atoms with Crippen LogP contribution < -0.4 is 27.8 Å². The second-order valence-electron chi connectivity index (χ2n) is 7.25. The summed E-state index contributed by atoms with van der Waals surface area (Å²) in [4.78, 5) is 36.4. The van der Waals surface area contributed by atoms with Gasteiger partial charge in [0.25, 0.3) is 0 Å². The second kappa shape index (κ2) is 15.7. The minimum absolute atomic E-state index is 0.0180. The summed E-state index contributed by atoms with van der Waals surface area (Å²) in [7, 11) is 0. The topological polar surface area (TPSA) is 174 Å². The maximum atomic E-state index is 12.6. The van der Waals surface area contributed by atoms with Crippen molar-refractivity contribution in [3.8, 4) is 0 Å². The maximum absolute atomic E-state index is 12.6. The molecular weight excluding hydrogens is 362 g/mol. The molecule has 164 valence electrons. The fourth-order valence-corrected chi connectivity index (χ4v) is 2.77. The van der Waals surface area contributed by atoms with Crippen molar-refractivity contribution in [1.82, 2.24) is 10.6 Å². The smallest absolute Gasteiger partial charge is 0.165 e. The van der Waals surface area contributed by atoms with Gasteiger partial charge in [0, 0.05) is 0 Å². The van der Waals surface area contributed by atoms with Crippen LogP contribution in [0, 0.1) is 0 Å². The normalized spacial score (nSPS) is 15.6. The van der Waals surface area contributed by atoms with Gasteiger partial charge in [-0.3, -0.25) is 14.4 Å². The van der Waals surface area contributed by atoms with Gasteiger partial charge in [0.1, 0.15) is 5.78 Å². The van der Waals surface area contributed by atoms with E-state index in [-0.39, 0.29) is 36.5 Å². The Morgan fingerprint density at radius 3 is 1.79 bits per heavy atom. The van der Waals surface area contributed by atoms with Crippen molar-refractivity contribution < 1.29 is 19.5 Å². The molecule has 0 bridgehead atoms. The average Bonchev–Trinajstić information content (AvgIpc) is 2.65. The lowest BCUT2D eigenvalue weighted by Crippen LogP contribution is -2.50. The number of hydrogen-bond acceptors (Lipinski definition) is 9. The van der Waals surface area contributed by atoms with E-state index in [1.54, 1.807) is 0 Å². The molecule has 0 aromatic heterocycles. The number of unbranched alkanes of at least 4 members (excludes halogenated alkanes) is 2. The van der Waals surface area contributed by atoms with Gasteiger partial charge < -0.3 is 32.9 Å². The van der Waals surface area contributed by atoms with E-state index in [2.05, 4.69) is 10.6 Å². The summed E-state index contributed by atoms with van der Waals surface area (Å²) in [6.45, 7) is 3.97. The number of nitrogens with two attached hydrogens (primary N) is 3. The van der Waals surface area contributed by atoms with E-state index in [4.69, 9.17) is 17.2 Å². The van der Waals surface area contributed by atoms with Crippen molar-refractivity contribution in [2.75, 3.05) is 26.2 Å². The largest absolute Gasteiger partial charge is 0.391 e. The predicted octanol–water partition coefficient (Wildman–Crippen LogP) is -1.40. The number of hydrogen-bond donors (Lipinski definition) is 6. The van der Waals surface area contributed by atoms with Gasteiger partial charge in [0.2, 0.25) is 0 Å². The van der Waals surface area contributed by atoms with Crippen LogP contribution in [-0.2, 0) is 14.4 Å². The third kappa shape index (κ3) is 11.6. The quantitative estimate of drug-likeness (QED) is 0.151. The first kappa shape index (κ1) is 26.8. The maximum Gasteiger partial charge on any atom is 0.165 e. The van der Waals surface area contributed by atoms with E-state index >= 15 is 0 Å². The van der Waals surface area contributed by atoms with Crippen molar-refractivity contribution >= 4 is 17.3 Å². The van der Waals surface area contributed by atoms with Crippen molar-refractivity contribution in [3.63, 3.8) is 0 Å². The van der Waals surface area contributed by atoms with E-state index in [0.717, 1.165) is 25.7 Å². The molecule has 28 heavy (non-hydrogen) atoms. The summed E-state index contributed by atoms with van der Waals surface area (Å²) >= 11 is 0.